The fourth-order valence-corrected chi connectivity index (χ4v) is 6.32. The van der Waals surface area contributed by atoms with Crippen LogP contribution in [-0.4, -0.2) is 60.5 Å². The molecule has 0 spiro atoms. The average molecular weight is 630 g/mol. The zero-order chi connectivity index (χ0) is 31.0. The topological polar surface area (TPSA) is 118 Å². The van der Waals surface area contributed by atoms with Gasteiger partial charge in [0, 0.05) is 31.2 Å². The number of quaternary nitrogens is 1. The van der Waals surface area contributed by atoms with Gasteiger partial charge < -0.3 is 15.8 Å². The van der Waals surface area contributed by atoms with Crippen LogP contribution >= 0.6 is 11.6 Å². The molecule has 0 aliphatic heterocycles. The SMILES string of the molecule is CCn1nc(C(=O)NCC2([NH3+])CCC(S(C)(=O)=O)CC2)c(Cl)c1-c1ccc(CC(C)(C)C(F)(F)F)cc1OC(F)F. The van der Waals surface area contributed by atoms with Crippen molar-refractivity contribution >= 4 is 27.3 Å². The fourth-order valence-electron chi connectivity index (χ4n) is 4.91. The number of amides is 1. The van der Waals surface area contributed by atoms with E-state index in [-0.39, 0.29) is 40.6 Å². The van der Waals surface area contributed by atoms with Crippen LogP contribution in [0.5, 0.6) is 5.75 Å². The first-order valence-corrected chi connectivity index (χ1v) is 15.3. The summed E-state index contributed by atoms with van der Waals surface area (Å²) in [6.07, 6.45) is -1.98. The van der Waals surface area contributed by atoms with Crippen LogP contribution in [0.4, 0.5) is 22.0 Å². The lowest BCUT2D eigenvalue weighted by Gasteiger charge is -2.33. The van der Waals surface area contributed by atoms with Gasteiger partial charge in [-0.25, -0.2) is 8.42 Å². The number of carbonyl (C=O) groups excluding carboxylic acids is 1. The normalized spacial score (nSPS) is 20.3. The summed E-state index contributed by atoms with van der Waals surface area (Å²) in [6.45, 7) is 0.756. The van der Waals surface area contributed by atoms with E-state index in [1.165, 1.54) is 23.1 Å². The Balaban J connectivity index is 1.89. The van der Waals surface area contributed by atoms with Gasteiger partial charge in [0.1, 0.15) is 21.1 Å². The number of ether oxygens (including phenoxy) is 1. The van der Waals surface area contributed by atoms with Crippen molar-refractivity contribution < 1.29 is 45.6 Å². The lowest BCUT2D eigenvalue weighted by molar-refractivity contribution is -0.481. The second-order valence-electron chi connectivity index (χ2n) is 11.3. The number of hydrogen-bond donors (Lipinski definition) is 2. The van der Waals surface area contributed by atoms with Gasteiger partial charge in [0.05, 0.1) is 27.9 Å². The maximum Gasteiger partial charge on any atom is 0.394 e. The molecule has 1 saturated carbocycles. The molecule has 0 saturated heterocycles. The molecule has 1 aromatic carbocycles. The van der Waals surface area contributed by atoms with Crippen molar-refractivity contribution in [3.8, 4) is 17.0 Å². The van der Waals surface area contributed by atoms with Crippen LogP contribution in [-0.2, 0) is 22.8 Å². The molecule has 1 aromatic heterocycles. The van der Waals surface area contributed by atoms with E-state index in [2.05, 4.69) is 20.9 Å². The van der Waals surface area contributed by atoms with Crippen LogP contribution in [0.25, 0.3) is 11.3 Å². The number of aryl methyl sites for hydroxylation is 1. The third-order valence-corrected chi connectivity index (χ3v) is 9.60. The van der Waals surface area contributed by atoms with Gasteiger partial charge in [-0.2, -0.15) is 27.1 Å². The lowest BCUT2D eigenvalue weighted by atomic mass is 9.82. The fraction of sp³-hybridized carbons (Fsp3) is 0.615. The van der Waals surface area contributed by atoms with Gasteiger partial charge >= 0.3 is 12.8 Å². The van der Waals surface area contributed by atoms with E-state index in [1.807, 2.05) is 0 Å². The number of rotatable bonds is 10. The van der Waals surface area contributed by atoms with E-state index < -0.39 is 56.9 Å². The summed E-state index contributed by atoms with van der Waals surface area (Å²) in [5.74, 6) is -1.05. The first kappa shape index (κ1) is 33.1. The Morgan fingerprint density at radius 3 is 2.39 bits per heavy atom. The highest BCUT2D eigenvalue weighted by atomic mass is 35.5. The van der Waals surface area contributed by atoms with Crippen LogP contribution in [0.2, 0.25) is 5.02 Å². The summed E-state index contributed by atoms with van der Waals surface area (Å²) < 4.78 is 96.7. The van der Waals surface area contributed by atoms with Crippen molar-refractivity contribution in [2.24, 2.45) is 5.41 Å². The average Bonchev–Trinajstić information content (AvgIpc) is 3.17. The minimum Gasteiger partial charge on any atom is -0.434 e. The number of hydrogen-bond acceptors (Lipinski definition) is 5. The number of sulfone groups is 1. The summed E-state index contributed by atoms with van der Waals surface area (Å²) in [7, 11) is -3.17. The van der Waals surface area contributed by atoms with Crippen molar-refractivity contribution in [3.63, 3.8) is 0 Å². The van der Waals surface area contributed by atoms with E-state index in [4.69, 9.17) is 11.6 Å². The molecule has 8 nitrogen and oxygen atoms in total. The van der Waals surface area contributed by atoms with Gasteiger partial charge in [0.15, 0.2) is 5.69 Å². The highest BCUT2D eigenvalue weighted by Crippen LogP contribution is 2.43. The first-order chi connectivity index (χ1) is 18.8. The number of nitrogens with zero attached hydrogens (tertiary/aromatic N) is 2. The maximum atomic E-state index is 13.4. The molecule has 0 radical (unpaired) electrons. The molecule has 0 atom stereocenters. The van der Waals surface area contributed by atoms with Crippen molar-refractivity contribution in [2.45, 2.75) is 83.0 Å². The number of nitrogens with one attached hydrogen (secondary N) is 1. The molecule has 0 bridgehead atoms. The molecule has 0 unspecified atom stereocenters. The minimum absolute atomic E-state index is 0.0324. The van der Waals surface area contributed by atoms with Gasteiger partial charge in [0.2, 0.25) is 0 Å². The smallest absolute Gasteiger partial charge is 0.394 e. The Bertz CT molecular complexity index is 1370. The van der Waals surface area contributed by atoms with Crippen molar-refractivity contribution in [2.75, 3.05) is 12.8 Å². The Morgan fingerprint density at radius 1 is 1.27 bits per heavy atom. The van der Waals surface area contributed by atoms with Gasteiger partial charge in [0.25, 0.3) is 5.91 Å². The predicted octanol–water partition coefficient (Wildman–Crippen LogP) is 4.65. The number of carbonyl (C=O) groups is 1. The standard InChI is InChI=1S/C26H34ClF5N4O4S/c1-5-36-21(17-7-6-15(12-18(17)40-23(28)29)13-24(2,3)26(30,31)32)19(27)20(35-36)22(37)34-14-25(33)10-8-16(9-11-25)41(4,38)39/h6-7,12,16,23H,5,8-11,13-14,33H2,1-4H3,(H,34,37)/p+1. The summed E-state index contributed by atoms with van der Waals surface area (Å²) in [6, 6.07) is 3.79. The molecule has 230 valence electrons. The Morgan fingerprint density at radius 2 is 1.88 bits per heavy atom. The van der Waals surface area contributed by atoms with Gasteiger partial charge in [-0.1, -0.05) is 31.5 Å². The third kappa shape index (κ3) is 7.69. The second kappa shape index (κ2) is 12.0. The van der Waals surface area contributed by atoms with Gasteiger partial charge in [-0.05, 0) is 43.9 Å². The highest BCUT2D eigenvalue weighted by Gasteiger charge is 2.47. The Hall–Kier alpha value is -2.45. The van der Waals surface area contributed by atoms with Crippen LogP contribution in [0.15, 0.2) is 18.2 Å². The third-order valence-electron chi connectivity index (χ3n) is 7.56. The lowest BCUT2D eigenvalue weighted by Crippen LogP contribution is -2.77. The van der Waals surface area contributed by atoms with Crippen LogP contribution in [0.1, 0.15) is 62.5 Å². The molecule has 41 heavy (non-hydrogen) atoms. The van der Waals surface area contributed by atoms with Crippen LogP contribution < -0.4 is 15.8 Å². The molecule has 1 fully saturated rings. The van der Waals surface area contributed by atoms with Gasteiger partial charge in [-0.15, -0.1) is 0 Å². The number of benzene rings is 1. The summed E-state index contributed by atoms with van der Waals surface area (Å²) >= 11 is 6.56. The quantitative estimate of drug-likeness (QED) is 0.371. The number of aromatic nitrogens is 2. The van der Waals surface area contributed by atoms with Crippen molar-refractivity contribution in [3.05, 3.63) is 34.5 Å². The first-order valence-electron chi connectivity index (χ1n) is 13.0. The van der Waals surface area contributed by atoms with Crippen molar-refractivity contribution in [1.29, 1.82) is 0 Å². The predicted molar refractivity (Wildman–Crippen MR) is 144 cm³/mol. The van der Waals surface area contributed by atoms with E-state index in [0.717, 1.165) is 19.9 Å². The zero-order valence-corrected chi connectivity index (χ0v) is 24.8. The Kier molecular flexibility index (Phi) is 9.71. The molecular weight excluding hydrogens is 595 g/mol. The van der Waals surface area contributed by atoms with E-state index in [9.17, 15) is 35.2 Å². The Labute approximate surface area is 240 Å². The molecule has 1 amide bonds. The number of halogens is 6. The molecule has 1 heterocycles. The van der Waals surface area contributed by atoms with Crippen LogP contribution in [0, 0.1) is 5.41 Å². The van der Waals surface area contributed by atoms with Gasteiger partial charge in [-0.3, -0.25) is 9.48 Å². The maximum absolute atomic E-state index is 13.4. The van der Waals surface area contributed by atoms with Crippen molar-refractivity contribution in [1.82, 2.24) is 15.1 Å². The molecule has 4 N–H and O–H groups in total. The summed E-state index contributed by atoms with van der Waals surface area (Å²) in [5, 5.41) is 6.41. The molecule has 3 rings (SSSR count). The number of alkyl halides is 5. The zero-order valence-electron chi connectivity index (χ0n) is 23.2. The largest absolute Gasteiger partial charge is 0.434 e. The second-order valence-corrected chi connectivity index (χ2v) is 14.0. The monoisotopic (exact) mass is 629 g/mol. The molecule has 15 heteroatoms. The summed E-state index contributed by atoms with van der Waals surface area (Å²) in [4.78, 5) is 13.1. The minimum atomic E-state index is -4.53. The summed E-state index contributed by atoms with van der Waals surface area (Å²) in [5.41, 5.74) is 1.54. The van der Waals surface area contributed by atoms with E-state index >= 15 is 0 Å². The molecule has 1 aliphatic rings. The van der Waals surface area contributed by atoms with Crippen LogP contribution in [0.3, 0.4) is 0 Å². The molecule has 1 aliphatic carbocycles. The molecule has 2 aromatic rings. The molecular formula is C26H35ClF5N4O4S+. The van der Waals surface area contributed by atoms with E-state index in [0.29, 0.717) is 25.7 Å². The van der Waals surface area contributed by atoms with E-state index in [1.54, 1.807) is 6.92 Å². The highest BCUT2D eigenvalue weighted by molar-refractivity contribution is 7.91.